The summed E-state index contributed by atoms with van der Waals surface area (Å²) in [5.41, 5.74) is 1.23. The van der Waals surface area contributed by atoms with Crippen LogP contribution in [0, 0.1) is 0 Å². The van der Waals surface area contributed by atoms with Gasteiger partial charge >= 0.3 is 0 Å². The molecular formula is C14H19N3O2. The molecule has 1 N–H and O–H groups in total. The Bertz CT molecular complexity index is 494. The molecule has 0 unspecified atom stereocenters. The highest BCUT2D eigenvalue weighted by Crippen LogP contribution is 2.13. The lowest BCUT2D eigenvalue weighted by Crippen LogP contribution is -2.10. The van der Waals surface area contributed by atoms with Crippen LogP contribution in [0.25, 0.3) is 0 Å². The lowest BCUT2D eigenvalue weighted by atomic mass is 10.1. The molecule has 102 valence electrons. The molecule has 0 amide bonds. The largest absolute Gasteiger partial charge is 0.497 e. The van der Waals surface area contributed by atoms with Crippen LogP contribution in [0.15, 0.2) is 28.7 Å². The lowest BCUT2D eigenvalue weighted by Gasteiger charge is -2.01. The maximum atomic E-state index is 5.57. The van der Waals surface area contributed by atoms with Gasteiger partial charge in [-0.3, -0.25) is 0 Å². The standard InChI is InChI=1S/C14H19N3O2/c1-15-10-9-14-17-16-13(19-14)8-5-11-3-6-12(18-2)7-4-11/h3-4,6-7,15H,5,8-10H2,1-2H3. The number of benzene rings is 1. The van der Waals surface area contributed by atoms with Crippen LogP contribution in [0.3, 0.4) is 0 Å². The van der Waals surface area contributed by atoms with Crippen LogP contribution >= 0.6 is 0 Å². The number of aryl methyl sites for hydroxylation is 2. The Hall–Kier alpha value is -1.88. The summed E-state index contributed by atoms with van der Waals surface area (Å²) in [5, 5.41) is 11.1. The number of methoxy groups -OCH3 is 1. The van der Waals surface area contributed by atoms with E-state index < -0.39 is 0 Å². The fraction of sp³-hybridized carbons (Fsp3) is 0.429. The number of rotatable bonds is 7. The summed E-state index contributed by atoms with van der Waals surface area (Å²) < 4.78 is 10.7. The second-order valence-electron chi connectivity index (χ2n) is 4.29. The molecule has 1 heterocycles. The van der Waals surface area contributed by atoms with Gasteiger partial charge < -0.3 is 14.5 Å². The minimum Gasteiger partial charge on any atom is -0.497 e. The van der Waals surface area contributed by atoms with E-state index in [2.05, 4.69) is 27.6 Å². The molecule has 5 nitrogen and oxygen atoms in total. The molecule has 0 aliphatic heterocycles. The van der Waals surface area contributed by atoms with Gasteiger partial charge in [0, 0.05) is 19.4 Å². The maximum Gasteiger partial charge on any atom is 0.217 e. The summed E-state index contributed by atoms with van der Waals surface area (Å²) in [6.07, 6.45) is 2.42. The van der Waals surface area contributed by atoms with Crippen LogP contribution < -0.4 is 10.1 Å². The molecule has 0 saturated heterocycles. The van der Waals surface area contributed by atoms with Gasteiger partial charge in [-0.05, 0) is 31.2 Å². The molecule has 0 aliphatic carbocycles. The lowest BCUT2D eigenvalue weighted by molar-refractivity contribution is 0.414. The minimum absolute atomic E-state index is 0.694. The zero-order chi connectivity index (χ0) is 13.5. The normalized spacial score (nSPS) is 10.6. The molecule has 19 heavy (non-hydrogen) atoms. The van der Waals surface area contributed by atoms with Crippen molar-refractivity contribution in [1.29, 1.82) is 0 Å². The van der Waals surface area contributed by atoms with E-state index in [1.165, 1.54) is 5.56 Å². The van der Waals surface area contributed by atoms with Crippen LogP contribution in [0.5, 0.6) is 5.75 Å². The topological polar surface area (TPSA) is 60.2 Å². The Morgan fingerprint density at radius 1 is 1.05 bits per heavy atom. The molecular weight excluding hydrogens is 242 g/mol. The summed E-state index contributed by atoms with van der Waals surface area (Å²) in [5.74, 6) is 2.26. The summed E-state index contributed by atoms with van der Waals surface area (Å²) in [7, 11) is 3.57. The first-order valence-electron chi connectivity index (χ1n) is 6.40. The molecule has 0 bridgehead atoms. The number of hydrogen-bond donors (Lipinski definition) is 1. The molecule has 1 aromatic heterocycles. The summed E-state index contributed by atoms with van der Waals surface area (Å²) in [6.45, 7) is 0.847. The van der Waals surface area contributed by atoms with E-state index in [0.29, 0.717) is 11.8 Å². The molecule has 0 radical (unpaired) electrons. The predicted octanol–water partition coefficient (Wildman–Crippen LogP) is 1.63. The van der Waals surface area contributed by atoms with Crippen molar-refractivity contribution in [2.45, 2.75) is 19.3 Å². The van der Waals surface area contributed by atoms with Crippen LogP contribution in [0.1, 0.15) is 17.3 Å². The van der Waals surface area contributed by atoms with Crippen LogP contribution in [-0.2, 0) is 19.3 Å². The number of hydrogen-bond acceptors (Lipinski definition) is 5. The highest BCUT2D eigenvalue weighted by atomic mass is 16.5. The average molecular weight is 261 g/mol. The van der Waals surface area contributed by atoms with E-state index in [-0.39, 0.29) is 0 Å². The number of nitrogens with one attached hydrogen (secondary N) is 1. The van der Waals surface area contributed by atoms with Crippen molar-refractivity contribution in [3.05, 3.63) is 41.6 Å². The molecule has 0 aliphatic rings. The third-order valence-corrected chi connectivity index (χ3v) is 2.88. The van der Waals surface area contributed by atoms with Gasteiger partial charge in [0.05, 0.1) is 7.11 Å². The first kappa shape index (κ1) is 13.5. The number of nitrogens with zero attached hydrogens (tertiary/aromatic N) is 2. The predicted molar refractivity (Wildman–Crippen MR) is 72.3 cm³/mol. The van der Waals surface area contributed by atoms with Crippen LogP contribution in [0.2, 0.25) is 0 Å². The first-order chi connectivity index (χ1) is 9.31. The van der Waals surface area contributed by atoms with E-state index in [1.54, 1.807) is 7.11 Å². The van der Waals surface area contributed by atoms with E-state index in [0.717, 1.165) is 31.6 Å². The van der Waals surface area contributed by atoms with Gasteiger partial charge in [-0.25, -0.2) is 0 Å². The van der Waals surface area contributed by atoms with E-state index in [9.17, 15) is 0 Å². The van der Waals surface area contributed by atoms with Crippen molar-refractivity contribution in [2.75, 3.05) is 20.7 Å². The summed E-state index contributed by atoms with van der Waals surface area (Å²) in [6, 6.07) is 8.03. The first-order valence-corrected chi connectivity index (χ1v) is 6.40. The van der Waals surface area contributed by atoms with Gasteiger partial charge in [0.25, 0.3) is 0 Å². The van der Waals surface area contributed by atoms with Crippen molar-refractivity contribution < 1.29 is 9.15 Å². The number of likely N-dealkylation sites (N-methyl/N-ethyl adjacent to an activating group) is 1. The van der Waals surface area contributed by atoms with Gasteiger partial charge in [-0.15, -0.1) is 10.2 Å². The number of aromatic nitrogens is 2. The Kier molecular flexibility index (Phi) is 4.92. The Balaban J connectivity index is 1.85. The average Bonchev–Trinajstić information content (AvgIpc) is 2.91. The zero-order valence-electron chi connectivity index (χ0n) is 11.3. The van der Waals surface area contributed by atoms with Gasteiger partial charge in [-0.2, -0.15) is 0 Å². The van der Waals surface area contributed by atoms with E-state index in [1.807, 2.05) is 19.2 Å². The minimum atomic E-state index is 0.694. The van der Waals surface area contributed by atoms with E-state index >= 15 is 0 Å². The highest BCUT2D eigenvalue weighted by Gasteiger charge is 2.05. The molecule has 0 atom stereocenters. The molecule has 1 aromatic carbocycles. The molecule has 5 heteroatoms. The second-order valence-corrected chi connectivity index (χ2v) is 4.29. The maximum absolute atomic E-state index is 5.57. The third kappa shape index (κ3) is 4.06. The van der Waals surface area contributed by atoms with Gasteiger partial charge in [0.15, 0.2) is 0 Å². The quantitative estimate of drug-likeness (QED) is 0.820. The van der Waals surface area contributed by atoms with Crippen LogP contribution in [0.4, 0.5) is 0 Å². The Morgan fingerprint density at radius 3 is 2.37 bits per heavy atom. The van der Waals surface area contributed by atoms with Crippen molar-refractivity contribution >= 4 is 0 Å². The highest BCUT2D eigenvalue weighted by molar-refractivity contribution is 5.27. The van der Waals surface area contributed by atoms with Crippen molar-refractivity contribution in [1.82, 2.24) is 15.5 Å². The monoisotopic (exact) mass is 261 g/mol. The van der Waals surface area contributed by atoms with Crippen molar-refractivity contribution in [3.8, 4) is 5.75 Å². The Morgan fingerprint density at radius 2 is 1.74 bits per heavy atom. The SMILES string of the molecule is CNCCc1nnc(CCc2ccc(OC)cc2)o1. The van der Waals surface area contributed by atoms with Crippen molar-refractivity contribution in [3.63, 3.8) is 0 Å². The smallest absolute Gasteiger partial charge is 0.217 e. The molecule has 0 saturated carbocycles. The van der Waals surface area contributed by atoms with Gasteiger partial charge in [-0.1, -0.05) is 12.1 Å². The van der Waals surface area contributed by atoms with Gasteiger partial charge in [0.2, 0.25) is 11.8 Å². The zero-order valence-corrected chi connectivity index (χ0v) is 11.3. The molecule has 0 fully saturated rings. The molecule has 2 aromatic rings. The fourth-order valence-corrected chi connectivity index (χ4v) is 1.77. The number of ether oxygens (including phenoxy) is 1. The molecule has 0 spiro atoms. The van der Waals surface area contributed by atoms with E-state index in [4.69, 9.17) is 9.15 Å². The van der Waals surface area contributed by atoms with Crippen LogP contribution in [-0.4, -0.2) is 30.9 Å². The Labute approximate surface area is 113 Å². The molecule has 2 rings (SSSR count). The summed E-state index contributed by atoms with van der Waals surface area (Å²) in [4.78, 5) is 0. The fourth-order valence-electron chi connectivity index (χ4n) is 1.77. The second kappa shape index (κ2) is 6.89. The van der Waals surface area contributed by atoms with Gasteiger partial charge in [0.1, 0.15) is 5.75 Å². The summed E-state index contributed by atoms with van der Waals surface area (Å²) >= 11 is 0. The van der Waals surface area contributed by atoms with Crippen molar-refractivity contribution in [2.24, 2.45) is 0 Å². The third-order valence-electron chi connectivity index (χ3n) is 2.88.